The van der Waals surface area contributed by atoms with Crippen molar-refractivity contribution in [2.45, 2.75) is 25.2 Å². The molecule has 31 heavy (non-hydrogen) atoms. The highest BCUT2D eigenvalue weighted by atomic mass is 35.5. The van der Waals surface area contributed by atoms with E-state index < -0.39 is 17.7 Å². The van der Waals surface area contributed by atoms with Crippen LogP contribution in [0.3, 0.4) is 0 Å². The van der Waals surface area contributed by atoms with Crippen molar-refractivity contribution >= 4 is 40.3 Å². The molecule has 1 N–H and O–H groups in total. The van der Waals surface area contributed by atoms with Crippen LogP contribution in [0.2, 0.25) is 5.02 Å². The topological polar surface area (TPSA) is 50.7 Å². The highest BCUT2D eigenvalue weighted by Crippen LogP contribution is 2.35. The Labute approximate surface area is 186 Å². The average molecular weight is 461 g/mol. The Morgan fingerprint density at radius 1 is 1.06 bits per heavy atom. The molecular weight excluding hydrogens is 445 g/mol. The summed E-state index contributed by atoms with van der Waals surface area (Å²) >= 11 is 7.25. The van der Waals surface area contributed by atoms with Gasteiger partial charge < -0.3 is 4.72 Å². The van der Waals surface area contributed by atoms with E-state index in [1.54, 1.807) is 32.0 Å². The fourth-order valence-corrected chi connectivity index (χ4v) is 4.19. The van der Waals surface area contributed by atoms with E-state index in [0.29, 0.717) is 26.6 Å². The fourth-order valence-electron chi connectivity index (χ4n) is 3.28. The Kier molecular flexibility index (Phi) is 6.02. The Hall–Kier alpha value is -2.84. The highest BCUT2D eigenvalue weighted by molar-refractivity contribution is 8.00. The van der Waals surface area contributed by atoms with Crippen molar-refractivity contribution in [3.05, 3.63) is 76.6 Å². The maximum Gasteiger partial charge on any atom is 0.309 e. The van der Waals surface area contributed by atoms with Gasteiger partial charge in [0.2, 0.25) is 0 Å². The molecule has 0 bridgehead atoms. The van der Waals surface area contributed by atoms with Gasteiger partial charge in [-0.2, -0.15) is 4.39 Å². The molecule has 4 nitrogen and oxygen atoms in total. The summed E-state index contributed by atoms with van der Waals surface area (Å²) in [5.41, 5.74) is 1.33. The van der Waals surface area contributed by atoms with Gasteiger partial charge in [-0.15, -0.1) is 0 Å². The molecule has 4 aromatic rings. The number of anilines is 1. The molecule has 2 aromatic heterocycles. The van der Waals surface area contributed by atoms with Gasteiger partial charge in [0.05, 0.1) is 10.5 Å². The lowest BCUT2D eigenvalue weighted by atomic mass is 9.97. The number of benzene rings is 2. The van der Waals surface area contributed by atoms with E-state index in [0.717, 1.165) is 11.9 Å². The van der Waals surface area contributed by atoms with Crippen molar-refractivity contribution in [1.29, 1.82) is 0 Å². The average Bonchev–Trinajstić information content (AvgIpc) is 2.75. The molecule has 0 radical (unpaired) electrons. The number of aryl methyl sites for hydroxylation is 2. The molecule has 2 heterocycles. The third kappa shape index (κ3) is 4.18. The zero-order chi connectivity index (χ0) is 22.1. The maximum absolute atomic E-state index is 15.3. The third-order valence-electron chi connectivity index (χ3n) is 4.78. The Morgan fingerprint density at radius 3 is 2.58 bits per heavy atom. The van der Waals surface area contributed by atoms with Crippen molar-refractivity contribution in [2.75, 3.05) is 4.72 Å². The first-order valence-electron chi connectivity index (χ1n) is 9.37. The number of hydrogen-bond donors (Lipinski definition) is 1. The van der Waals surface area contributed by atoms with Crippen LogP contribution in [0.1, 0.15) is 18.2 Å². The summed E-state index contributed by atoms with van der Waals surface area (Å²) in [6.07, 6.45) is 0.648. The summed E-state index contributed by atoms with van der Waals surface area (Å²) < 4.78 is 46.4. The van der Waals surface area contributed by atoms with Gasteiger partial charge in [0.15, 0.2) is 11.6 Å². The number of aromatic nitrogens is 3. The number of rotatable bonds is 5. The fraction of sp³-hybridized carbons (Fsp3) is 0.136. The lowest BCUT2D eigenvalue weighted by molar-refractivity contribution is 0.543. The first-order valence-corrected chi connectivity index (χ1v) is 10.6. The predicted octanol–water partition coefficient (Wildman–Crippen LogP) is 6.75. The third-order valence-corrected chi connectivity index (χ3v) is 6.09. The molecule has 0 spiro atoms. The Bertz CT molecular complexity index is 1300. The minimum Gasteiger partial charge on any atom is -0.308 e. The second-order valence-corrected chi connectivity index (χ2v) is 7.99. The molecule has 0 aliphatic carbocycles. The molecule has 0 aliphatic heterocycles. The van der Waals surface area contributed by atoms with Gasteiger partial charge in [-0.1, -0.05) is 30.7 Å². The smallest absolute Gasteiger partial charge is 0.308 e. The molecule has 0 atom stereocenters. The molecule has 0 unspecified atom stereocenters. The highest BCUT2D eigenvalue weighted by Gasteiger charge is 2.19. The molecule has 0 saturated heterocycles. The molecule has 0 fully saturated rings. The van der Waals surface area contributed by atoms with E-state index in [1.165, 1.54) is 18.3 Å². The lowest BCUT2D eigenvalue weighted by Gasteiger charge is -2.14. The maximum atomic E-state index is 15.3. The van der Waals surface area contributed by atoms with Gasteiger partial charge in [-0.05, 0) is 49.6 Å². The lowest BCUT2D eigenvalue weighted by Crippen LogP contribution is -2.03. The summed E-state index contributed by atoms with van der Waals surface area (Å²) in [4.78, 5) is 12.3. The first kappa shape index (κ1) is 21.4. The van der Waals surface area contributed by atoms with Gasteiger partial charge in [0.1, 0.15) is 5.82 Å². The van der Waals surface area contributed by atoms with Crippen LogP contribution in [0.25, 0.3) is 22.0 Å². The van der Waals surface area contributed by atoms with Crippen LogP contribution < -0.4 is 4.72 Å². The van der Waals surface area contributed by atoms with Crippen molar-refractivity contribution in [2.24, 2.45) is 0 Å². The van der Waals surface area contributed by atoms with Gasteiger partial charge in [-0.3, -0.25) is 0 Å². The van der Waals surface area contributed by atoms with Crippen LogP contribution >= 0.6 is 23.5 Å². The molecule has 4 rings (SSSR count). The van der Waals surface area contributed by atoms with Crippen LogP contribution in [-0.4, -0.2) is 15.0 Å². The Balaban J connectivity index is 1.75. The molecule has 0 amide bonds. The van der Waals surface area contributed by atoms with Crippen molar-refractivity contribution < 1.29 is 13.2 Å². The first-order chi connectivity index (χ1) is 14.9. The zero-order valence-corrected chi connectivity index (χ0v) is 18.1. The normalized spacial score (nSPS) is 11.2. The number of nitrogens with one attached hydrogen (secondary N) is 1. The van der Waals surface area contributed by atoms with Gasteiger partial charge in [0.25, 0.3) is 0 Å². The van der Waals surface area contributed by atoms with E-state index in [4.69, 9.17) is 11.6 Å². The van der Waals surface area contributed by atoms with Gasteiger partial charge in [0, 0.05) is 38.9 Å². The summed E-state index contributed by atoms with van der Waals surface area (Å²) in [5.74, 6) is -1.22. The number of halogens is 4. The van der Waals surface area contributed by atoms with Crippen molar-refractivity contribution in [3.63, 3.8) is 0 Å². The van der Waals surface area contributed by atoms with Crippen LogP contribution in [0.15, 0.2) is 47.5 Å². The minimum absolute atomic E-state index is 0.00786. The van der Waals surface area contributed by atoms with Crippen molar-refractivity contribution in [3.8, 4) is 11.1 Å². The second kappa shape index (κ2) is 8.72. The zero-order valence-electron chi connectivity index (χ0n) is 16.5. The predicted molar refractivity (Wildman–Crippen MR) is 118 cm³/mol. The Morgan fingerprint density at radius 2 is 1.84 bits per heavy atom. The second-order valence-electron chi connectivity index (χ2n) is 6.73. The summed E-state index contributed by atoms with van der Waals surface area (Å²) in [6.45, 7) is 3.41. The summed E-state index contributed by atoms with van der Waals surface area (Å²) in [5, 5.41) is 0.990. The van der Waals surface area contributed by atoms with Gasteiger partial charge >= 0.3 is 6.08 Å². The molecule has 0 saturated carbocycles. The molecule has 2 aromatic carbocycles. The van der Waals surface area contributed by atoms with Crippen molar-refractivity contribution in [1.82, 2.24) is 15.0 Å². The van der Waals surface area contributed by atoms with Crippen LogP contribution in [0.5, 0.6) is 0 Å². The number of nitrogens with zero attached hydrogens (tertiary/aromatic N) is 3. The molecule has 9 heteroatoms. The summed E-state index contributed by atoms with van der Waals surface area (Å²) in [6, 6.07) is 9.85. The quantitative estimate of drug-likeness (QED) is 0.263. The largest absolute Gasteiger partial charge is 0.309 e. The minimum atomic E-state index is -0.926. The number of fused-ring (bicyclic) bond motifs is 1. The summed E-state index contributed by atoms with van der Waals surface area (Å²) in [7, 11) is 0. The van der Waals surface area contributed by atoms with E-state index >= 15 is 4.39 Å². The number of pyridine rings is 1. The SMILES string of the molecule is CCc1c(F)c(-c2cc(F)c(NSc3ccccc3Cl)nc2C)cc2cnc(F)nc12. The monoisotopic (exact) mass is 460 g/mol. The van der Waals surface area contributed by atoms with E-state index in [-0.39, 0.29) is 28.9 Å². The standard InChI is InChI=1S/C22H16ClF3N4S/c1-3-13-19(25)15(8-12-10-27-22(26)29-20(12)13)14-9-17(24)21(28-11(14)2)30-31-18-7-5-4-6-16(18)23/h4-10H,3H2,1-2H3,(H,28,30). The van der Waals surface area contributed by atoms with E-state index in [2.05, 4.69) is 19.7 Å². The van der Waals surface area contributed by atoms with Gasteiger partial charge in [-0.25, -0.2) is 23.7 Å². The van der Waals surface area contributed by atoms with Crippen LogP contribution in [0.4, 0.5) is 19.0 Å². The molecule has 158 valence electrons. The van der Waals surface area contributed by atoms with E-state index in [9.17, 15) is 8.78 Å². The van der Waals surface area contributed by atoms with Crippen LogP contribution in [-0.2, 0) is 6.42 Å². The number of hydrogen-bond acceptors (Lipinski definition) is 5. The molecular formula is C22H16ClF3N4S. The van der Waals surface area contributed by atoms with E-state index in [1.807, 2.05) is 6.07 Å². The van der Waals surface area contributed by atoms with Crippen LogP contribution in [0, 0.1) is 24.6 Å². The molecule has 0 aliphatic rings.